The van der Waals surface area contributed by atoms with Gasteiger partial charge in [-0.05, 0) is 6.42 Å². The molecule has 0 saturated heterocycles. The highest BCUT2D eigenvalue weighted by Gasteiger charge is 2.02. The van der Waals surface area contributed by atoms with Gasteiger partial charge in [0.15, 0.2) is 0 Å². The molecular formula is C8H20O7S. The maximum absolute atomic E-state index is 10.0. The topological polar surface area (TPSA) is 107 Å². The number of rotatable bonds is 6. The number of ether oxygens (including phenoxy) is 2. The van der Waals surface area contributed by atoms with Crippen molar-refractivity contribution < 1.29 is 32.0 Å². The number of hydrogen-bond donors (Lipinski definition) is 1. The number of hydrogen-bond acceptors (Lipinski definition) is 6. The number of carbonyl (C=O) groups excluding carboxylic acids is 2. The van der Waals surface area contributed by atoms with E-state index >= 15 is 0 Å². The SMILES string of the molecule is C.C.COC=O.O=COCCCS(=O)(=O)O. The molecule has 0 aromatic rings. The van der Waals surface area contributed by atoms with Crippen LogP contribution in [0, 0.1) is 0 Å². The van der Waals surface area contributed by atoms with Gasteiger partial charge in [-0.15, -0.1) is 0 Å². The van der Waals surface area contributed by atoms with Crippen LogP contribution in [0.3, 0.4) is 0 Å². The summed E-state index contributed by atoms with van der Waals surface area (Å²) in [6, 6.07) is 0. The highest BCUT2D eigenvalue weighted by atomic mass is 32.2. The molecule has 7 nitrogen and oxygen atoms in total. The minimum absolute atomic E-state index is 0. The minimum Gasteiger partial charge on any atom is -0.471 e. The summed E-state index contributed by atoms with van der Waals surface area (Å²) in [5.74, 6) is -0.374. The summed E-state index contributed by atoms with van der Waals surface area (Å²) in [6.07, 6.45) is 0.123. The Morgan fingerprint density at radius 3 is 1.88 bits per heavy atom. The Balaban J connectivity index is -0.000000105. The normalized spacial score (nSPS) is 8.12. The molecule has 0 atom stereocenters. The van der Waals surface area contributed by atoms with Gasteiger partial charge >= 0.3 is 0 Å². The van der Waals surface area contributed by atoms with Gasteiger partial charge in [-0.3, -0.25) is 14.1 Å². The van der Waals surface area contributed by atoms with Crippen LogP contribution in [-0.4, -0.2) is 45.4 Å². The first kappa shape index (κ1) is 24.2. The van der Waals surface area contributed by atoms with Gasteiger partial charge in [-0.2, -0.15) is 8.42 Å². The van der Waals surface area contributed by atoms with Crippen LogP contribution >= 0.6 is 0 Å². The molecule has 0 saturated carbocycles. The molecular weight excluding hydrogens is 240 g/mol. The molecule has 1 N–H and O–H groups in total. The van der Waals surface area contributed by atoms with E-state index in [9.17, 15) is 13.2 Å². The van der Waals surface area contributed by atoms with E-state index in [-0.39, 0.29) is 40.1 Å². The summed E-state index contributed by atoms with van der Waals surface area (Å²) in [7, 11) is -2.59. The fraction of sp³-hybridized carbons (Fsp3) is 0.750. The van der Waals surface area contributed by atoms with E-state index in [1.165, 1.54) is 7.11 Å². The van der Waals surface area contributed by atoms with E-state index in [1.807, 2.05) is 0 Å². The summed E-state index contributed by atoms with van der Waals surface area (Å²) in [5, 5.41) is 0. The Labute approximate surface area is 96.5 Å². The molecule has 8 heteroatoms. The van der Waals surface area contributed by atoms with Gasteiger partial charge in [0.25, 0.3) is 23.1 Å². The van der Waals surface area contributed by atoms with Crippen molar-refractivity contribution in [1.29, 1.82) is 0 Å². The molecule has 0 aromatic heterocycles. The third-order valence-corrected chi connectivity index (χ3v) is 1.63. The summed E-state index contributed by atoms with van der Waals surface area (Å²) < 4.78 is 36.2. The molecule has 0 unspecified atom stereocenters. The lowest BCUT2D eigenvalue weighted by atomic mass is 10.5. The largest absolute Gasteiger partial charge is 0.471 e. The molecule has 0 spiro atoms. The smallest absolute Gasteiger partial charge is 0.293 e. The molecule has 0 heterocycles. The van der Waals surface area contributed by atoms with Gasteiger partial charge in [-0.1, -0.05) is 14.9 Å². The van der Waals surface area contributed by atoms with Crippen LogP contribution < -0.4 is 0 Å². The second-order valence-electron chi connectivity index (χ2n) is 1.94. The van der Waals surface area contributed by atoms with E-state index in [2.05, 4.69) is 9.47 Å². The Hall–Kier alpha value is -1.15. The van der Waals surface area contributed by atoms with Crippen LogP contribution in [0.1, 0.15) is 21.3 Å². The average molecular weight is 260 g/mol. The second kappa shape index (κ2) is 16.3. The van der Waals surface area contributed by atoms with Gasteiger partial charge in [0.05, 0.1) is 19.5 Å². The monoisotopic (exact) mass is 260 g/mol. The quantitative estimate of drug-likeness (QED) is 0.421. The summed E-state index contributed by atoms with van der Waals surface area (Å²) in [5.41, 5.74) is 0. The van der Waals surface area contributed by atoms with Crippen molar-refractivity contribution in [2.75, 3.05) is 19.5 Å². The lowest BCUT2D eigenvalue weighted by Gasteiger charge is -1.95. The zero-order valence-corrected chi connectivity index (χ0v) is 8.40. The van der Waals surface area contributed by atoms with Crippen molar-refractivity contribution in [2.45, 2.75) is 21.3 Å². The van der Waals surface area contributed by atoms with E-state index in [4.69, 9.17) is 9.35 Å². The molecule has 0 rings (SSSR count). The molecule has 0 aliphatic carbocycles. The molecule has 0 fully saturated rings. The van der Waals surface area contributed by atoms with Gasteiger partial charge < -0.3 is 9.47 Å². The highest BCUT2D eigenvalue weighted by Crippen LogP contribution is 1.87. The Morgan fingerprint density at radius 1 is 1.19 bits per heavy atom. The van der Waals surface area contributed by atoms with Crippen molar-refractivity contribution in [2.24, 2.45) is 0 Å². The van der Waals surface area contributed by atoms with Gasteiger partial charge in [0.1, 0.15) is 0 Å². The van der Waals surface area contributed by atoms with Crippen LogP contribution in [0.5, 0.6) is 0 Å². The predicted molar refractivity (Wildman–Crippen MR) is 59.6 cm³/mol. The van der Waals surface area contributed by atoms with Crippen molar-refractivity contribution in [3.63, 3.8) is 0 Å². The third-order valence-electron chi connectivity index (χ3n) is 0.829. The summed E-state index contributed by atoms with van der Waals surface area (Å²) in [4.78, 5) is 18.4. The molecule has 100 valence electrons. The third kappa shape index (κ3) is 38.5. The zero-order chi connectivity index (χ0) is 11.4. The summed E-state index contributed by atoms with van der Waals surface area (Å²) in [6.45, 7) is 0.618. The Morgan fingerprint density at radius 2 is 1.62 bits per heavy atom. The van der Waals surface area contributed by atoms with Crippen LogP contribution in [0.2, 0.25) is 0 Å². The first-order valence-corrected chi connectivity index (χ1v) is 5.05. The van der Waals surface area contributed by atoms with Crippen LogP contribution in [0.25, 0.3) is 0 Å². The van der Waals surface area contributed by atoms with Crippen molar-refractivity contribution in [3.8, 4) is 0 Å². The molecule has 0 aliphatic rings. The minimum atomic E-state index is -3.90. The first-order chi connectivity index (χ1) is 6.47. The molecule has 0 amide bonds. The van der Waals surface area contributed by atoms with Crippen LogP contribution in [0.15, 0.2) is 0 Å². The van der Waals surface area contributed by atoms with Crippen molar-refractivity contribution >= 4 is 23.1 Å². The van der Waals surface area contributed by atoms with Crippen molar-refractivity contribution in [3.05, 3.63) is 0 Å². The molecule has 0 aliphatic heterocycles. The second-order valence-corrected chi connectivity index (χ2v) is 3.51. The molecule has 0 radical (unpaired) electrons. The zero-order valence-electron chi connectivity index (χ0n) is 7.58. The van der Waals surface area contributed by atoms with Gasteiger partial charge in [-0.25, -0.2) is 0 Å². The van der Waals surface area contributed by atoms with E-state index < -0.39 is 10.1 Å². The fourth-order valence-corrected chi connectivity index (χ4v) is 0.855. The van der Waals surface area contributed by atoms with Gasteiger partial charge in [0.2, 0.25) is 0 Å². The summed E-state index contributed by atoms with van der Waals surface area (Å²) >= 11 is 0. The number of carbonyl (C=O) groups is 2. The Bertz CT molecular complexity index is 235. The highest BCUT2D eigenvalue weighted by molar-refractivity contribution is 7.85. The number of methoxy groups -OCH3 is 1. The molecule has 0 bridgehead atoms. The predicted octanol–water partition coefficient (Wildman–Crippen LogP) is 0.499. The van der Waals surface area contributed by atoms with E-state index in [1.54, 1.807) is 0 Å². The maximum Gasteiger partial charge on any atom is 0.293 e. The van der Waals surface area contributed by atoms with Crippen molar-refractivity contribution in [1.82, 2.24) is 0 Å². The van der Waals surface area contributed by atoms with Crippen LogP contribution in [0.4, 0.5) is 0 Å². The fourth-order valence-electron chi connectivity index (χ4n) is 0.373. The lowest BCUT2D eigenvalue weighted by Crippen LogP contribution is -2.06. The van der Waals surface area contributed by atoms with Gasteiger partial charge in [0, 0.05) is 0 Å². The average Bonchev–Trinajstić information content (AvgIpc) is 2.11. The molecule has 16 heavy (non-hydrogen) atoms. The van der Waals surface area contributed by atoms with E-state index in [0.29, 0.717) is 6.47 Å². The Kier molecular flexibility index (Phi) is 24.6. The first-order valence-electron chi connectivity index (χ1n) is 3.44. The van der Waals surface area contributed by atoms with Crippen LogP contribution in [-0.2, 0) is 29.2 Å². The van der Waals surface area contributed by atoms with E-state index in [0.717, 1.165) is 0 Å². The standard InChI is InChI=1S/C4H8O5S.C2H4O2.2CH4/c5-4-9-2-1-3-10(6,7)8;1-4-2-3;;/h4H,1-3H2,(H,6,7,8);2H,1H3;2*1H4. The lowest BCUT2D eigenvalue weighted by molar-refractivity contribution is -0.128. The molecule has 0 aromatic carbocycles. The maximum atomic E-state index is 10.0.